The van der Waals surface area contributed by atoms with Gasteiger partial charge in [0.2, 0.25) is 0 Å². The second-order valence-electron chi connectivity index (χ2n) is 1.74. The van der Waals surface area contributed by atoms with Crippen molar-refractivity contribution in [1.82, 2.24) is 4.90 Å². The van der Waals surface area contributed by atoms with Crippen LogP contribution in [0.1, 0.15) is 0 Å². The quantitative estimate of drug-likeness (QED) is 0.384. The molecule has 0 aliphatic carbocycles. The Bertz CT molecular complexity index is 52.4. The fourth-order valence-corrected chi connectivity index (χ4v) is 0.518. The molecule has 0 saturated carbocycles. The molecule has 0 amide bonds. The first kappa shape index (κ1) is 7.88. The van der Waals surface area contributed by atoms with E-state index >= 15 is 0 Å². The molecule has 0 aromatic heterocycles. The third-order valence-corrected chi connectivity index (χ3v) is 0.825. The fourth-order valence-electron chi connectivity index (χ4n) is 0.518. The maximum Gasteiger partial charge on any atom is 0.352 e. The molecule has 3 heteroatoms. The maximum absolute atomic E-state index is 4.86. The lowest BCUT2D eigenvalue weighted by atomic mass is 10.9. The van der Waals surface area contributed by atoms with E-state index in [1.54, 1.807) is 14.2 Å². The van der Waals surface area contributed by atoms with Crippen LogP contribution in [0.25, 0.3) is 0 Å². The minimum Gasteiger partial charge on any atom is -0.305 e. The molecule has 0 fully saturated rings. The summed E-state index contributed by atoms with van der Waals surface area (Å²) in [6, 6.07) is 0. The summed E-state index contributed by atoms with van der Waals surface area (Å²) in [5, 5.41) is 0. The van der Waals surface area contributed by atoms with Crippen LogP contribution in [-0.2, 0) is 9.47 Å². The van der Waals surface area contributed by atoms with Crippen LogP contribution in [0, 0.1) is 0 Å². The first-order valence-corrected chi connectivity index (χ1v) is 2.44. The van der Waals surface area contributed by atoms with Gasteiger partial charge in [0.1, 0.15) is 14.1 Å². The van der Waals surface area contributed by atoms with Crippen LogP contribution in [0.4, 0.5) is 0 Å². The van der Waals surface area contributed by atoms with Crippen molar-refractivity contribution >= 4 is 0 Å². The van der Waals surface area contributed by atoms with Gasteiger partial charge in [-0.15, -0.1) is 4.90 Å². The van der Waals surface area contributed by atoms with E-state index in [0.717, 1.165) is 0 Å². The molecule has 0 N–H and O–H groups in total. The molecular weight excluding hydrogens is 106 g/mol. The Balaban J connectivity index is 3.35. The molecule has 0 rings (SSSR count). The van der Waals surface area contributed by atoms with Crippen LogP contribution in [0.15, 0.2) is 0 Å². The molecule has 0 aliphatic rings. The van der Waals surface area contributed by atoms with E-state index in [9.17, 15) is 0 Å². The summed E-state index contributed by atoms with van der Waals surface area (Å²) in [5.41, 5.74) is 0. The van der Waals surface area contributed by atoms with Crippen molar-refractivity contribution in [3.05, 3.63) is 0 Å². The van der Waals surface area contributed by atoms with Crippen LogP contribution in [0.5, 0.6) is 0 Å². The van der Waals surface area contributed by atoms with E-state index in [1.807, 2.05) is 19.0 Å². The summed E-state index contributed by atoms with van der Waals surface area (Å²) in [4.78, 5) is 1.83. The molecule has 8 heavy (non-hydrogen) atoms. The van der Waals surface area contributed by atoms with Gasteiger partial charge in [0, 0.05) is 14.2 Å². The van der Waals surface area contributed by atoms with Gasteiger partial charge in [-0.2, -0.15) is 0 Å². The van der Waals surface area contributed by atoms with Crippen molar-refractivity contribution in [2.24, 2.45) is 0 Å². The number of methoxy groups -OCH3 is 2. The van der Waals surface area contributed by atoms with Crippen molar-refractivity contribution in [3.63, 3.8) is 0 Å². The van der Waals surface area contributed by atoms with E-state index in [2.05, 4.69) is 0 Å². The Morgan fingerprint density at radius 1 is 1.12 bits per heavy atom. The minimum atomic E-state index is -0.213. The van der Waals surface area contributed by atoms with E-state index in [4.69, 9.17) is 9.47 Å². The Kier molecular flexibility index (Phi) is 3.77. The van der Waals surface area contributed by atoms with Crippen LogP contribution < -0.4 is 4.90 Å². The SMILES string of the molecule is COC(OC)[N+](C)C. The van der Waals surface area contributed by atoms with Gasteiger partial charge >= 0.3 is 6.41 Å². The fraction of sp³-hybridized carbons (Fsp3) is 1.00. The lowest BCUT2D eigenvalue weighted by molar-refractivity contribution is -0.147. The third-order valence-electron chi connectivity index (χ3n) is 0.825. The Hall–Kier alpha value is -0.120. The molecule has 49 valence electrons. The standard InChI is InChI=1S/C5H13NO2/c1-6(2)5(7-3)8-4/h5H,1-4H3/q+1. The molecule has 3 nitrogen and oxygen atoms in total. The topological polar surface area (TPSA) is 24.4 Å². The molecule has 0 aromatic carbocycles. The summed E-state index contributed by atoms with van der Waals surface area (Å²) in [6.07, 6.45) is -0.213. The second kappa shape index (κ2) is 3.83. The molecule has 0 aromatic rings. The van der Waals surface area contributed by atoms with Crippen molar-refractivity contribution in [3.8, 4) is 0 Å². The molecule has 0 unspecified atom stereocenters. The second-order valence-corrected chi connectivity index (χ2v) is 1.74. The van der Waals surface area contributed by atoms with E-state index in [0.29, 0.717) is 0 Å². The number of hydrogen-bond acceptors (Lipinski definition) is 3. The molecule has 0 saturated heterocycles. The third kappa shape index (κ3) is 2.26. The summed E-state index contributed by atoms with van der Waals surface area (Å²) in [7, 11) is 6.98. The molecule has 0 aliphatic heterocycles. The lowest BCUT2D eigenvalue weighted by Crippen LogP contribution is -2.36. The largest absolute Gasteiger partial charge is 0.352 e. The van der Waals surface area contributed by atoms with Gasteiger partial charge < -0.3 is 9.47 Å². The summed E-state index contributed by atoms with van der Waals surface area (Å²) >= 11 is 0. The summed E-state index contributed by atoms with van der Waals surface area (Å²) in [6.45, 7) is 0. The Labute approximate surface area is 50.2 Å². The molecule has 1 radical (unpaired) electrons. The van der Waals surface area contributed by atoms with Gasteiger partial charge in [0.05, 0.1) is 0 Å². The summed E-state index contributed by atoms with van der Waals surface area (Å²) < 4.78 is 9.73. The van der Waals surface area contributed by atoms with Crippen molar-refractivity contribution in [2.75, 3.05) is 28.3 Å². The predicted molar refractivity (Wildman–Crippen MR) is 31.8 cm³/mol. The van der Waals surface area contributed by atoms with Crippen molar-refractivity contribution in [1.29, 1.82) is 0 Å². The van der Waals surface area contributed by atoms with Gasteiger partial charge in [-0.1, -0.05) is 0 Å². The van der Waals surface area contributed by atoms with Crippen molar-refractivity contribution in [2.45, 2.75) is 6.41 Å². The first-order chi connectivity index (χ1) is 3.72. The smallest absolute Gasteiger partial charge is 0.305 e. The van der Waals surface area contributed by atoms with Crippen LogP contribution in [0.2, 0.25) is 0 Å². The number of rotatable bonds is 3. The highest BCUT2D eigenvalue weighted by Gasteiger charge is 2.15. The van der Waals surface area contributed by atoms with Gasteiger partial charge in [-0.05, 0) is 0 Å². The average molecular weight is 119 g/mol. The van der Waals surface area contributed by atoms with Gasteiger partial charge in [0.15, 0.2) is 0 Å². The lowest BCUT2D eigenvalue weighted by Gasteiger charge is -2.09. The first-order valence-electron chi connectivity index (χ1n) is 2.44. The highest BCUT2D eigenvalue weighted by atomic mass is 16.7. The zero-order chi connectivity index (χ0) is 6.57. The van der Waals surface area contributed by atoms with Crippen LogP contribution in [0.3, 0.4) is 0 Å². The Morgan fingerprint density at radius 3 is 1.50 bits per heavy atom. The zero-order valence-electron chi connectivity index (χ0n) is 5.84. The normalized spacial score (nSPS) is 11.2. The minimum absolute atomic E-state index is 0.213. The number of hydrogen-bond donors (Lipinski definition) is 0. The highest BCUT2D eigenvalue weighted by molar-refractivity contribution is 4.41. The molecule has 0 heterocycles. The molecular formula is C5H13NO2+. The molecule has 0 bridgehead atoms. The van der Waals surface area contributed by atoms with Crippen LogP contribution >= 0.6 is 0 Å². The van der Waals surface area contributed by atoms with Gasteiger partial charge in [0.25, 0.3) is 0 Å². The van der Waals surface area contributed by atoms with E-state index in [1.165, 1.54) is 0 Å². The molecule has 0 spiro atoms. The van der Waals surface area contributed by atoms with Crippen LogP contribution in [-0.4, -0.2) is 34.7 Å². The predicted octanol–water partition coefficient (Wildman–Crippen LogP) is -0.0375. The number of ether oxygens (including phenoxy) is 2. The van der Waals surface area contributed by atoms with E-state index in [-0.39, 0.29) is 6.41 Å². The number of nitrogens with zero attached hydrogens (tertiary/aromatic N) is 1. The highest BCUT2D eigenvalue weighted by Crippen LogP contribution is 1.88. The Morgan fingerprint density at radius 2 is 1.50 bits per heavy atom. The monoisotopic (exact) mass is 119 g/mol. The summed E-state index contributed by atoms with van der Waals surface area (Å²) in [5.74, 6) is 0. The maximum atomic E-state index is 4.86. The zero-order valence-corrected chi connectivity index (χ0v) is 5.84. The van der Waals surface area contributed by atoms with Gasteiger partial charge in [-0.3, -0.25) is 0 Å². The molecule has 0 atom stereocenters. The van der Waals surface area contributed by atoms with E-state index < -0.39 is 0 Å². The van der Waals surface area contributed by atoms with Crippen molar-refractivity contribution < 1.29 is 9.47 Å². The average Bonchev–Trinajstić information content (AvgIpc) is 1.69. The van der Waals surface area contributed by atoms with Gasteiger partial charge in [-0.25, -0.2) is 0 Å².